The van der Waals surface area contributed by atoms with E-state index in [9.17, 15) is 4.79 Å². The highest BCUT2D eigenvalue weighted by atomic mass is 32.1. The maximum absolute atomic E-state index is 12.5. The smallest absolute Gasteiger partial charge is 0.251 e. The van der Waals surface area contributed by atoms with Gasteiger partial charge in [-0.15, -0.1) is 11.3 Å². The number of rotatable bonds is 5. The fraction of sp³-hybridized carbons (Fsp3) is 0.263. The average molecular weight is 340 g/mol. The van der Waals surface area contributed by atoms with Crippen molar-refractivity contribution in [3.8, 4) is 5.75 Å². The predicted molar refractivity (Wildman–Crippen MR) is 98.0 cm³/mol. The molecule has 3 rings (SSSR count). The molecule has 0 spiro atoms. The first-order chi connectivity index (χ1) is 11.5. The first-order valence-corrected chi connectivity index (χ1v) is 8.63. The third-order valence-electron chi connectivity index (χ3n) is 4.13. The van der Waals surface area contributed by atoms with Crippen molar-refractivity contribution in [1.29, 1.82) is 0 Å². The number of amides is 1. The summed E-state index contributed by atoms with van der Waals surface area (Å²) in [6.07, 6.45) is 0. The van der Waals surface area contributed by atoms with E-state index >= 15 is 0 Å². The highest BCUT2D eigenvalue weighted by molar-refractivity contribution is 7.16. The summed E-state index contributed by atoms with van der Waals surface area (Å²) in [6, 6.07) is 13.6. The third-order valence-corrected chi connectivity index (χ3v) is 4.94. The summed E-state index contributed by atoms with van der Waals surface area (Å²) in [7, 11) is 1.66. The number of carbonyl (C=O) groups excluding carboxylic acids is 1. The Hall–Kier alpha value is -2.40. The molecule has 24 heavy (non-hydrogen) atoms. The van der Waals surface area contributed by atoms with Crippen molar-refractivity contribution >= 4 is 27.5 Å². The van der Waals surface area contributed by atoms with Gasteiger partial charge in [0.1, 0.15) is 5.75 Å². The van der Waals surface area contributed by atoms with Crippen molar-refractivity contribution in [1.82, 2.24) is 10.3 Å². The van der Waals surface area contributed by atoms with Crippen molar-refractivity contribution in [2.45, 2.75) is 19.3 Å². The lowest BCUT2D eigenvalue weighted by Crippen LogP contribution is -2.36. The molecular formula is C19H20N2O2S. The molecule has 124 valence electrons. The number of ether oxygens (including phenoxy) is 1. The Kier molecular flexibility index (Phi) is 4.53. The predicted octanol–water partition coefficient (Wildman–Crippen LogP) is 4.01. The van der Waals surface area contributed by atoms with Crippen LogP contribution in [0.4, 0.5) is 0 Å². The molecule has 0 atom stereocenters. The van der Waals surface area contributed by atoms with Gasteiger partial charge < -0.3 is 10.1 Å². The number of carbonyl (C=O) groups is 1. The van der Waals surface area contributed by atoms with E-state index in [-0.39, 0.29) is 11.3 Å². The molecule has 3 aromatic rings. The molecule has 0 fully saturated rings. The lowest BCUT2D eigenvalue weighted by molar-refractivity contribution is 0.0946. The fourth-order valence-electron chi connectivity index (χ4n) is 2.55. The normalized spacial score (nSPS) is 11.5. The standard InChI is InChI=1S/C19H20N2O2S/c1-19(2,14-5-4-6-15(10-14)23-3)11-20-18(22)13-7-8-17-16(9-13)21-12-24-17/h4-10,12H,11H2,1-3H3,(H,20,22). The van der Waals surface area contributed by atoms with Gasteiger partial charge in [-0.3, -0.25) is 4.79 Å². The van der Waals surface area contributed by atoms with Gasteiger partial charge in [0.05, 0.1) is 22.8 Å². The van der Waals surface area contributed by atoms with Crippen molar-refractivity contribution in [2.24, 2.45) is 0 Å². The van der Waals surface area contributed by atoms with Gasteiger partial charge >= 0.3 is 0 Å². The van der Waals surface area contributed by atoms with Crippen molar-refractivity contribution < 1.29 is 9.53 Å². The SMILES string of the molecule is COc1cccc(C(C)(C)CNC(=O)c2ccc3scnc3c2)c1. The van der Waals surface area contributed by atoms with E-state index in [0.717, 1.165) is 21.5 Å². The molecule has 1 heterocycles. The average Bonchev–Trinajstić information content (AvgIpc) is 3.07. The van der Waals surface area contributed by atoms with Gasteiger partial charge in [-0.25, -0.2) is 4.98 Å². The molecular weight excluding hydrogens is 320 g/mol. The van der Waals surface area contributed by atoms with Crippen LogP contribution in [0.3, 0.4) is 0 Å². The molecule has 0 aliphatic rings. The molecule has 4 nitrogen and oxygen atoms in total. The lowest BCUT2D eigenvalue weighted by Gasteiger charge is -2.26. The van der Waals surface area contributed by atoms with E-state index in [4.69, 9.17) is 4.74 Å². The number of methoxy groups -OCH3 is 1. The summed E-state index contributed by atoms with van der Waals surface area (Å²) < 4.78 is 6.37. The second-order valence-corrected chi connectivity index (χ2v) is 7.22. The highest BCUT2D eigenvalue weighted by Gasteiger charge is 2.22. The maximum Gasteiger partial charge on any atom is 0.251 e. The summed E-state index contributed by atoms with van der Waals surface area (Å²) >= 11 is 1.57. The molecule has 0 unspecified atom stereocenters. The molecule has 1 aromatic heterocycles. The van der Waals surface area contributed by atoms with Crippen LogP contribution in [0.2, 0.25) is 0 Å². The van der Waals surface area contributed by atoms with Crippen LogP contribution >= 0.6 is 11.3 Å². The molecule has 0 saturated carbocycles. The number of thiazole rings is 1. The molecule has 0 aliphatic carbocycles. The molecule has 1 amide bonds. The second kappa shape index (κ2) is 6.61. The van der Waals surface area contributed by atoms with E-state index in [0.29, 0.717) is 12.1 Å². The van der Waals surface area contributed by atoms with E-state index in [1.807, 2.05) is 36.4 Å². The van der Waals surface area contributed by atoms with Crippen LogP contribution in [0.25, 0.3) is 10.2 Å². The number of nitrogens with one attached hydrogen (secondary N) is 1. The zero-order valence-electron chi connectivity index (χ0n) is 14.0. The summed E-state index contributed by atoms with van der Waals surface area (Å²) in [4.78, 5) is 16.7. The highest BCUT2D eigenvalue weighted by Crippen LogP contribution is 2.26. The van der Waals surface area contributed by atoms with Crippen LogP contribution in [-0.2, 0) is 5.41 Å². The zero-order chi connectivity index (χ0) is 17.2. The minimum absolute atomic E-state index is 0.0825. The van der Waals surface area contributed by atoms with Crippen molar-refractivity contribution in [2.75, 3.05) is 13.7 Å². The van der Waals surface area contributed by atoms with Crippen LogP contribution in [0.1, 0.15) is 29.8 Å². The Balaban J connectivity index is 1.72. The summed E-state index contributed by atoms with van der Waals surface area (Å²) in [5.41, 5.74) is 4.21. The van der Waals surface area contributed by atoms with Gasteiger partial charge in [0.25, 0.3) is 5.91 Å². The molecule has 5 heteroatoms. The minimum atomic E-state index is -0.199. The van der Waals surface area contributed by atoms with Crippen molar-refractivity contribution in [3.63, 3.8) is 0 Å². The lowest BCUT2D eigenvalue weighted by atomic mass is 9.84. The monoisotopic (exact) mass is 340 g/mol. The Morgan fingerprint density at radius 2 is 2.08 bits per heavy atom. The van der Waals surface area contributed by atoms with Crippen LogP contribution in [0.15, 0.2) is 48.0 Å². The van der Waals surface area contributed by atoms with E-state index in [2.05, 4.69) is 30.2 Å². The minimum Gasteiger partial charge on any atom is -0.497 e. The third kappa shape index (κ3) is 3.41. The number of nitrogens with zero attached hydrogens (tertiary/aromatic N) is 1. The molecule has 0 aliphatic heterocycles. The first-order valence-electron chi connectivity index (χ1n) is 7.75. The first kappa shape index (κ1) is 16.5. The summed E-state index contributed by atoms with van der Waals surface area (Å²) in [6.45, 7) is 4.74. The van der Waals surface area contributed by atoms with Crippen LogP contribution < -0.4 is 10.1 Å². The Morgan fingerprint density at radius 3 is 2.88 bits per heavy atom. The molecule has 0 radical (unpaired) electrons. The van der Waals surface area contributed by atoms with Crippen LogP contribution in [-0.4, -0.2) is 24.5 Å². The summed E-state index contributed by atoms with van der Waals surface area (Å²) in [5.74, 6) is 0.738. The van der Waals surface area contributed by atoms with Crippen LogP contribution in [0, 0.1) is 0 Å². The van der Waals surface area contributed by atoms with Gasteiger partial charge in [0, 0.05) is 17.5 Å². The molecule has 0 saturated heterocycles. The zero-order valence-corrected chi connectivity index (χ0v) is 14.8. The second-order valence-electron chi connectivity index (χ2n) is 6.33. The van der Waals surface area contributed by atoms with Gasteiger partial charge in [0.2, 0.25) is 0 Å². The molecule has 0 bridgehead atoms. The Morgan fingerprint density at radius 1 is 1.25 bits per heavy atom. The van der Waals surface area contributed by atoms with E-state index in [1.165, 1.54) is 0 Å². The number of fused-ring (bicyclic) bond motifs is 1. The Labute approximate surface area is 145 Å². The van der Waals surface area contributed by atoms with Gasteiger partial charge in [-0.05, 0) is 35.9 Å². The number of benzene rings is 2. The van der Waals surface area contributed by atoms with Crippen molar-refractivity contribution in [3.05, 3.63) is 59.1 Å². The van der Waals surface area contributed by atoms with Gasteiger partial charge in [0.15, 0.2) is 0 Å². The van der Waals surface area contributed by atoms with Crippen LogP contribution in [0.5, 0.6) is 5.75 Å². The van der Waals surface area contributed by atoms with E-state index < -0.39 is 0 Å². The molecule has 1 N–H and O–H groups in total. The fourth-order valence-corrected chi connectivity index (χ4v) is 3.21. The van der Waals surface area contributed by atoms with Gasteiger partial charge in [-0.2, -0.15) is 0 Å². The quantitative estimate of drug-likeness (QED) is 0.763. The van der Waals surface area contributed by atoms with Gasteiger partial charge in [-0.1, -0.05) is 26.0 Å². The van der Waals surface area contributed by atoms with E-state index in [1.54, 1.807) is 24.0 Å². The topological polar surface area (TPSA) is 51.2 Å². The maximum atomic E-state index is 12.5. The Bertz CT molecular complexity index is 870. The largest absolute Gasteiger partial charge is 0.497 e. The number of aromatic nitrogens is 1. The number of hydrogen-bond acceptors (Lipinski definition) is 4. The number of hydrogen-bond donors (Lipinski definition) is 1. The summed E-state index contributed by atoms with van der Waals surface area (Å²) in [5, 5.41) is 3.03. The molecule has 2 aromatic carbocycles.